The van der Waals surface area contributed by atoms with Crippen molar-refractivity contribution in [2.24, 2.45) is 0 Å². The minimum absolute atomic E-state index is 0.842. The van der Waals surface area contributed by atoms with E-state index in [1.54, 1.807) is 0 Å². The Kier molecular flexibility index (Phi) is 11.6. The van der Waals surface area contributed by atoms with Gasteiger partial charge in [0.2, 0.25) is 0 Å². The Morgan fingerprint density at radius 3 is 1.03 bits per heavy atom. The number of fused-ring (bicyclic) bond motifs is 3. The smallest absolute Gasteiger partial charge is 0.0884 e. The monoisotopic (exact) mass is 462 g/mol. The van der Waals surface area contributed by atoms with Crippen LogP contribution in [0.3, 0.4) is 0 Å². The van der Waals surface area contributed by atoms with Gasteiger partial charge < -0.3 is 18.9 Å². The molecule has 0 amide bonds. The van der Waals surface area contributed by atoms with Crippen molar-refractivity contribution in [1.29, 1.82) is 0 Å². The molecule has 8 heteroatoms. The summed E-state index contributed by atoms with van der Waals surface area (Å²) in [5, 5.41) is 0. The molecule has 2 fully saturated rings. The Labute approximate surface area is 186 Å². The summed E-state index contributed by atoms with van der Waals surface area (Å²) < 4.78 is 25.7. The van der Waals surface area contributed by atoms with Crippen LogP contribution in [0.2, 0.25) is 0 Å². The maximum absolute atomic E-state index is 12.9. The first-order valence-electron chi connectivity index (χ1n) is 12.4. The van der Waals surface area contributed by atoms with Gasteiger partial charge in [-0.05, 0) is 24.6 Å². The second kappa shape index (κ2) is 13.1. The highest BCUT2D eigenvalue weighted by atomic mass is 31.2. The molecule has 0 unspecified atom stereocenters. The molecule has 2 aliphatic heterocycles. The van der Waals surface area contributed by atoms with E-state index >= 15 is 0 Å². The Morgan fingerprint density at radius 1 is 0.500 bits per heavy atom. The molecule has 178 valence electrons. The summed E-state index contributed by atoms with van der Waals surface area (Å²) >= 11 is 0. The summed E-state index contributed by atoms with van der Waals surface area (Å²) in [6.45, 7) is 21.4. The molecule has 0 aromatic carbocycles. The van der Waals surface area contributed by atoms with Crippen LogP contribution in [-0.2, 0) is 9.13 Å². The molecular formula is C22H48N4O2P2. The molecule has 0 aromatic heterocycles. The fourth-order valence-corrected chi connectivity index (χ4v) is 7.94. The quantitative estimate of drug-likeness (QED) is 0.465. The summed E-state index contributed by atoms with van der Waals surface area (Å²) in [4.78, 5) is 10.3. The van der Waals surface area contributed by atoms with Crippen molar-refractivity contribution in [2.75, 3.05) is 116 Å². The summed E-state index contributed by atoms with van der Waals surface area (Å²) in [5.41, 5.74) is 0. The highest BCUT2D eigenvalue weighted by Crippen LogP contribution is 2.44. The molecule has 30 heavy (non-hydrogen) atoms. The van der Waals surface area contributed by atoms with Crippen LogP contribution >= 0.6 is 14.3 Å². The van der Waals surface area contributed by atoms with Gasteiger partial charge in [0.05, 0.1) is 14.3 Å². The maximum Gasteiger partial charge on any atom is 0.0884 e. The van der Waals surface area contributed by atoms with Crippen LogP contribution in [0.4, 0.5) is 0 Å². The molecule has 0 aromatic rings. The van der Waals surface area contributed by atoms with E-state index < -0.39 is 14.3 Å². The third-order valence-electron chi connectivity index (χ3n) is 7.62. The molecule has 6 nitrogen and oxygen atoms in total. The number of rotatable bonds is 10. The van der Waals surface area contributed by atoms with Crippen LogP contribution in [0.25, 0.3) is 0 Å². The van der Waals surface area contributed by atoms with E-state index in [1.807, 2.05) is 0 Å². The molecule has 0 aliphatic carbocycles. The lowest BCUT2D eigenvalue weighted by Crippen LogP contribution is -2.43. The van der Waals surface area contributed by atoms with Gasteiger partial charge >= 0.3 is 0 Å². The van der Waals surface area contributed by atoms with Gasteiger partial charge in [-0.25, -0.2) is 0 Å². The van der Waals surface area contributed by atoms with E-state index in [1.165, 1.54) is 0 Å². The number of hydrogen-bond acceptors (Lipinski definition) is 6. The largest absolute Gasteiger partial charge is 0.324 e. The summed E-state index contributed by atoms with van der Waals surface area (Å²) in [6, 6.07) is 0. The number of nitrogens with zero attached hydrogens (tertiary/aromatic N) is 4. The first-order chi connectivity index (χ1) is 14.3. The first-order valence-corrected chi connectivity index (χ1v) is 16.9. The van der Waals surface area contributed by atoms with Crippen LogP contribution in [0.15, 0.2) is 0 Å². The van der Waals surface area contributed by atoms with E-state index in [4.69, 9.17) is 0 Å². The van der Waals surface area contributed by atoms with Gasteiger partial charge in [-0.3, -0.25) is 9.80 Å². The molecule has 2 rings (SSSR count). The molecule has 0 N–H and O–H groups in total. The zero-order valence-electron chi connectivity index (χ0n) is 20.2. The first kappa shape index (κ1) is 26.6. The molecule has 0 saturated carbocycles. The number of hydrogen-bond donors (Lipinski definition) is 0. The zero-order valence-corrected chi connectivity index (χ0v) is 22.0. The van der Waals surface area contributed by atoms with Crippen LogP contribution < -0.4 is 0 Å². The predicted octanol–water partition coefficient (Wildman–Crippen LogP) is 3.03. The lowest BCUT2D eigenvalue weighted by molar-refractivity contribution is 0.183. The summed E-state index contributed by atoms with van der Waals surface area (Å²) in [6.07, 6.45) is 5.12. The molecule has 0 spiro atoms. The van der Waals surface area contributed by atoms with Gasteiger partial charge in [-0.1, -0.05) is 27.7 Å². The highest BCUT2D eigenvalue weighted by molar-refractivity contribution is 7.64. The molecule has 2 aliphatic rings. The third-order valence-corrected chi connectivity index (χ3v) is 14.3. The minimum atomic E-state index is -1.96. The SMILES string of the molecule is CCP(=O)(CC)CCN1CCN2CCN(CC1)CCN(CCP(=O)(CC)CC)CC2. The van der Waals surface area contributed by atoms with Crippen LogP contribution in [-0.4, -0.2) is 135 Å². The van der Waals surface area contributed by atoms with Crippen LogP contribution in [0, 0.1) is 0 Å². The standard InChI is InChI=1S/C22H48N4O2P2/c1-5-29(27,6-2)21-19-25-15-11-23-9-10-24(12-16-25)14-18-26(17-13-23)20-22-30(28,7-3)8-4/h5-22H2,1-4H3. The molecule has 2 saturated heterocycles. The van der Waals surface area contributed by atoms with E-state index in [0.717, 1.165) is 116 Å². The molecule has 0 radical (unpaired) electrons. The van der Waals surface area contributed by atoms with E-state index in [2.05, 4.69) is 47.3 Å². The lowest BCUT2D eigenvalue weighted by atomic mass is 10.3. The Morgan fingerprint density at radius 2 is 0.767 bits per heavy atom. The lowest BCUT2D eigenvalue weighted by Gasteiger charge is -2.31. The van der Waals surface area contributed by atoms with Crippen molar-refractivity contribution in [2.45, 2.75) is 27.7 Å². The van der Waals surface area contributed by atoms with Gasteiger partial charge in [0.15, 0.2) is 0 Å². The zero-order chi connectivity index (χ0) is 22.0. The van der Waals surface area contributed by atoms with Crippen molar-refractivity contribution in [1.82, 2.24) is 19.6 Å². The third kappa shape index (κ3) is 8.68. The normalized spacial score (nSPS) is 25.7. The van der Waals surface area contributed by atoms with E-state index in [0.29, 0.717) is 0 Å². The molecule has 2 heterocycles. The predicted molar refractivity (Wildman–Crippen MR) is 133 cm³/mol. The van der Waals surface area contributed by atoms with Crippen molar-refractivity contribution < 1.29 is 9.13 Å². The van der Waals surface area contributed by atoms with E-state index in [-0.39, 0.29) is 0 Å². The van der Waals surface area contributed by atoms with Gasteiger partial charge in [-0.15, -0.1) is 0 Å². The second-order valence-electron chi connectivity index (χ2n) is 9.19. The average molecular weight is 463 g/mol. The van der Waals surface area contributed by atoms with E-state index in [9.17, 15) is 9.13 Å². The molecule has 2 bridgehead atoms. The van der Waals surface area contributed by atoms with Crippen LogP contribution in [0.5, 0.6) is 0 Å². The maximum atomic E-state index is 12.9. The average Bonchev–Trinajstić information content (AvgIpc) is 2.93. The highest BCUT2D eigenvalue weighted by Gasteiger charge is 2.24. The Hall–Kier alpha value is 0.300. The fourth-order valence-electron chi connectivity index (χ4n) is 4.48. The summed E-state index contributed by atoms with van der Waals surface area (Å²) in [5.74, 6) is 0. The van der Waals surface area contributed by atoms with Crippen molar-refractivity contribution in [3.63, 3.8) is 0 Å². The van der Waals surface area contributed by atoms with Crippen LogP contribution in [0.1, 0.15) is 27.7 Å². The minimum Gasteiger partial charge on any atom is -0.324 e. The second-order valence-corrected chi connectivity index (χ2v) is 16.9. The van der Waals surface area contributed by atoms with Crippen molar-refractivity contribution in [3.05, 3.63) is 0 Å². The van der Waals surface area contributed by atoms with Crippen molar-refractivity contribution >= 4 is 14.3 Å². The van der Waals surface area contributed by atoms with Gasteiger partial charge in [0.1, 0.15) is 0 Å². The van der Waals surface area contributed by atoms with Gasteiger partial charge in [0, 0.05) is 90.9 Å². The Bertz CT molecular complexity index is 507. The molecule has 0 atom stereocenters. The fraction of sp³-hybridized carbons (Fsp3) is 1.00. The van der Waals surface area contributed by atoms with Gasteiger partial charge in [0.25, 0.3) is 0 Å². The topological polar surface area (TPSA) is 47.1 Å². The summed E-state index contributed by atoms with van der Waals surface area (Å²) in [7, 11) is -3.91. The Balaban J connectivity index is 1.92. The van der Waals surface area contributed by atoms with Crippen molar-refractivity contribution in [3.8, 4) is 0 Å². The van der Waals surface area contributed by atoms with Gasteiger partial charge in [-0.2, -0.15) is 0 Å². The molecular weight excluding hydrogens is 414 g/mol.